The van der Waals surface area contributed by atoms with Crippen molar-refractivity contribution in [3.8, 4) is 11.5 Å². The number of Topliss-reactive ketones (excluding diaryl/α,β-unsaturated/α-hetero) is 1. The van der Waals surface area contributed by atoms with E-state index in [9.17, 15) is 9.18 Å². The molecule has 0 unspecified atom stereocenters. The molecule has 0 radical (unpaired) electrons. The van der Waals surface area contributed by atoms with E-state index >= 15 is 0 Å². The third kappa shape index (κ3) is 3.32. The molecule has 0 aromatic heterocycles. The zero-order valence-electron chi connectivity index (χ0n) is 10.3. The number of halogens is 2. The van der Waals surface area contributed by atoms with Crippen LogP contribution in [-0.2, 0) is 0 Å². The van der Waals surface area contributed by atoms with Gasteiger partial charge < -0.3 is 4.74 Å². The van der Waals surface area contributed by atoms with Crippen molar-refractivity contribution in [1.82, 2.24) is 0 Å². The van der Waals surface area contributed by atoms with Crippen LogP contribution in [-0.4, -0.2) is 5.78 Å². The Hall–Kier alpha value is -1.87. The molecule has 0 N–H and O–H groups in total. The van der Waals surface area contributed by atoms with E-state index in [2.05, 4.69) is 0 Å². The molecule has 0 saturated carbocycles. The van der Waals surface area contributed by atoms with E-state index in [1.54, 1.807) is 24.3 Å². The zero-order chi connectivity index (χ0) is 13.8. The number of rotatable bonds is 4. The second-order valence-corrected chi connectivity index (χ2v) is 4.39. The van der Waals surface area contributed by atoms with Crippen molar-refractivity contribution in [3.63, 3.8) is 0 Å². The normalized spacial score (nSPS) is 10.3. The highest BCUT2D eigenvalue weighted by molar-refractivity contribution is 6.30. The standard InChI is InChI=1S/C15H12ClFO2/c1-2-15(18)10-3-5-11(6-4-10)19-12-7-8-14(17)13(16)9-12/h3-9H,2H2,1H3. The van der Waals surface area contributed by atoms with Crippen LogP contribution in [0.4, 0.5) is 4.39 Å². The maximum atomic E-state index is 13.0. The lowest BCUT2D eigenvalue weighted by Gasteiger charge is -2.07. The maximum absolute atomic E-state index is 13.0. The van der Waals surface area contributed by atoms with Crippen LogP contribution in [0.15, 0.2) is 42.5 Å². The molecule has 0 atom stereocenters. The summed E-state index contributed by atoms with van der Waals surface area (Å²) in [7, 11) is 0. The molecule has 98 valence electrons. The van der Waals surface area contributed by atoms with Gasteiger partial charge in [-0.15, -0.1) is 0 Å². The van der Waals surface area contributed by atoms with Gasteiger partial charge >= 0.3 is 0 Å². The van der Waals surface area contributed by atoms with E-state index in [0.717, 1.165) is 0 Å². The molecule has 0 fully saturated rings. The number of hydrogen-bond donors (Lipinski definition) is 0. The van der Waals surface area contributed by atoms with Crippen molar-refractivity contribution in [2.45, 2.75) is 13.3 Å². The maximum Gasteiger partial charge on any atom is 0.162 e. The van der Waals surface area contributed by atoms with Gasteiger partial charge in [0.05, 0.1) is 5.02 Å². The first kappa shape index (κ1) is 13.6. The molecule has 2 aromatic rings. The molecule has 0 heterocycles. The summed E-state index contributed by atoms with van der Waals surface area (Å²) in [4.78, 5) is 11.5. The molecule has 0 aliphatic carbocycles. The fraction of sp³-hybridized carbons (Fsp3) is 0.133. The van der Waals surface area contributed by atoms with Gasteiger partial charge in [-0.05, 0) is 36.4 Å². The van der Waals surface area contributed by atoms with Gasteiger partial charge in [-0.3, -0.25) is 4.79 Å². The molecule has 4 heteroatoms. The van der Waals surface area contributed by atoms with Crippen molar-refractivity contribution >= 4 is 17.4 Å². The average Bonchev–Trinajstić information content (AvgIpc) is 2.43. The van der Waals surface area contributed by atoms with E-state index < -0.39 is 5.82 Å². The molecule has 0 aliphatic rings. The highest BCUT2D eigenvalue weighted by Gasteiger charge is 2.05. The van der Waals surface area contributed by atoms with Crippen molar-refractivity contribution in [3.05, 3.63) is 58.9 Å². The Labute approximate surface area is 115 Å². The van der Waals surface area contributed by atoms with Crippen LogP contribution in [0.3, 0.4) is 0 Å². The van der Waals surface area contributed by atoms with Crippen LogP contribution in [0.5, 0.6) is 11.5 Å². The van der Waals surface area contributed by atoms with Crippen molar-refractivity contribution in [2.75, 3.05) is 0 Å². The predicted molar refractivity (Wildman–Crippen MR) is 72.5 cm³/mol. The van der Waals surface area contributed by atoms with E-state index in [4.69, 9.17) is 16.3 Å². The summed E-state index contributed by atoms with van der Waals surface area (Å²) in [5, 5.41) is 0.00952. The summed E-state index contributed by atoms with van der Waals surface area (Å²) in [6.07, 6.45) is 0.466. The highest BCUT2D eigenvalue weighted by atomic mass is 35.5. The summed E-state index contributed by atoms with van der Waals surface area (Å²) in [6.45, 7) is 1.81. The van der Waals surface area contributed by atoms with Gasteiger partial charge in [-0.1, -0.05) is 18.5 Å². The lowest BCUT2D eigenvalue weighted by molar-refractivity contribution is 0.0988. The fourth-order valence-electron chi connectivity index (χ4n) is 1.59. The van der Waals surface area contributed by atoms with E-state index in [1.807, 2.05) is 6.92 Å². The number of hydrogen-bond acceptors (Lipinski definition) is 2. The summed E-state index contributed by atoms with van der Waals surface area (Å²) in [5.41, 5.74) is 0.645. The molecule has 0 amide bonds. The second kappa shape index (κ2) is 5.85. The predicted octanol–water partition coefficient (Wildman–Crippen LogP) is 4.86. The van der Waals surface area contributed by atoms with Gasteiger partial charge in [-0.2, -0.15) is 0 Å². The molecule has 0 spiro atoms. The van der Waals surface area contributed by atoms with Gasteiger partial charge in [0.15, 0.2) is 5.78 Å². The van der Waals surface area contributed by atoms with Gasteiger partial charge in [0.2, 0.25) is 0 Å². The minimum Gasteiger partial charge on any atom is -0.457 e. The van der Waals surface area contributed by atoms with Gasteiger partial charge in [0, 0.05) is 18.1 Å². The van der Waals surface area contributed by atoms with Crippen LogP contribution in [0.2, 0.25) is 5.02 Å². The number of carbonyl (C=O) groups excluding carboxylic acids is 1. The number of carbonyl (C=O) groups is 1. The summed E-state index contributed by atoms with van der Waals surface area (Å²) >= 11 is 5.67. The number of ether oxygens (including phenoxy) is 1. The molecule has 2 rings (SSSR count). The summed E-state index contributed by atoms with van der Waals surface area (Å²) < 4.78 is 18.5. The van der Waals surface area contributed by atoms with E-state index in [-0.39, 0.29) is 10.8 Å². The Morgan fingerprint density at radius 3 is 2.37 bits per heavy atom. The van der Waals surface area contributed by atoms with Crippen molar-refractivity contribution in [2.24, 2.45) is 0 Å². The fourth-order valence-corrected chi connectivity index (χ4v) is 1.76. The highest BCUT2D eigenvalue weighted by Crippen LogP contribution is 2.26. The lowest BCUT2D eigenvalue weighted by Crippen LogP contribution is -1.95. The Morgan fingerprint density at radius 2 is 1.79 bits per heavy atom. The van der Waals surface area contributed by atoms with Crippen LogP contribution < -0.4 is 4.74 Å². The Balaban J connectivity index is 2.15. The molecule has 2 nitrogen and oxygen atoms in total. The van der Waals surface area contributed by atoms with Crippen molar-refractivity contribution < 1.29 is 13.9 Å². The first-order valence-electron chi connectivity index (χ1n) is 5.86. The van der Waals surface area contributed by atoms with E-state index in [0.29, 0.717) is 23.5 Å². The molecular weight excluding hydrogens is 267 g/mol. The third-order valence-corrected chi connectivity index (χ3v) is 2.91. The summed E-state index contributed by atoms with van der Waals surface area (Å²) in [5.74, 6) is 0.602. The van der Waals surface area contributed by atoms with Crippen LogP contribution in [0.25, 0.3) is 0 Å². The molecular formula is C15H12ClFO2. The molecule has 0 bridgehead atoms. The topological polar surface area (TPSA) is 26.3 Å². The first-order chi connectivity index (χ1) is 9.10. The van der Waals surface area contributed by atoms with Crippen molar-refractivity contribution in [1.29, 1.82) is 0 Å². The van der Waals surface area contributed by atoms with Crippen LogP contribution in [0, 0.1) is 5.82 Å². The first-order valence-corrected chi connectivity index (χ1v) is 6.24. The van der Waals surface area contributed by atoms with Crippen LogP contribution in [0.1, 0.15) is 23.7 Å². The van der Waals surface area contributed by atoms with Gasteiger partial charge in [-0.25, -0.2) is 4.39 Å². The summed E-state index contributed by atoms with van der Waals surface area (Å²) in [6, 6.07) is 10.9. The Bertz CT molecular complexity index is 594. The number of ketones is 1. The smallest absolute Gasteiger partial charge is 0.162 e. The Kier molecular flexibility index (Phi) is 4.17. The quantitative estimate of drug-likeness (QED) is 0.746. The largest absolute Gasteiger partial charge is 0.457 e. The average molecular weight is 279 g/mol. The molecule has 2 aromatic carbocycles. The Morgan fingerprint density at radius 1 is 1.16 bits per heavy atom. The van der Waals surface area contributed by atoms with E-state index in [1.165, 1.54) is 18.2 Å². The molecule has 0 aliphatic heterocycles. The van der Waals surface area contributed by atoms with Gasteiger partial charge in [0.25, 0.3) is 0 Å². The zero-order valence-corrected chi connectivity index (χ0v) is 11.1. The SMILES string of the molecule is CCC(=O)c1ccc(Oc2ccc(F)c(Cl)c2)cc1. The van der Waals surface area contributed by atoms with Gasteiger partial charge in [0.1, 0.15) is 17.3 Å². The minimum atomic E-state index is -0.488. The minimum absolute atomic E-state index is 0.00952. The molecule has 0 saturated heterocycles. The lowest BCUT2D eigenvalue weighted by atomic mass is 10.1. The van der Waals surface area contributed by atoms with Crippen LogP contribution >= 0.6 is 11.6 Å². The monoisotopic (exact) mass is 278 g/mol. The second-order valence-electron chi connectivity index (χ2n) is 3.98. The number of benzene rings is 2. The molecule has 19 heavy (non-hydrogen) atoms. The third-order valence-electron chi connectivity index (χ3n) is 2.62.